The lowest BCUT2D eigenvalue weighted by atomic mass is 10.1. The maximum Gasteiger partial charge on any atom is 0.221 e. The lowest BCUT2D eigenvalue weighted by Gasteiger charge is -2.09. The number of hydrogen-bond donors (Lipinski definition) is 1. The monoisotopic (exact) mass is 334 g/mol. The van der Waals surface area contributed by atoms with E-state index in [9.17, 15) is 0 Å². The molecule has 1 aromatic carbocycles. The van der Waals surface area contributed by atoms with E-state index < -0.39 is 0 Å². The average molecular weight is 334 g/mol. The molecule has 126 valence electrons. The predicted octanol–water partition coefficient (Wildman–Crippen LogP) is 3.00. The molecule has 0 aliphatic heterocycles. The highest BCUT2D eigenvalue weighted by Gasteiger charge is 2.11. The van der Waals surface area contributed by atoms with E-state index in [0.29, 0.717) is 28.1 Å². The smallest absolute Gasteiger partial charge is 0.221 e. The minimum Gasteiger partial charge on any atom is -0.493 e. The van der Waals surface area contributed by atoms with Gasteiger partial charge in [0.25, 0.3) is 0 Å². The van der Waals surface area contributed by atoms with E-state index >= 15 is 0 Å². The van der Waals surface area contributed by atoms with Gasteiger partial charge in [-0.05, 0) is 31.4 Å². The molecule has 0 bridgehead atoms. The number of aromatic nitrogens is 2. The van der Waals surface area contributed by atoms with Crippen LogP contribution in [0.3, 0.4) is 0 Å². The van der Waals surface area contributed by atoms with E-state index in [-0.39, 0.29) is 5.95 Å². The van der Waals surface area contributed by atoms with E-state index in [2.05, 4.69) is 21.8 Å². The van der Waals surface area contributed by atoms with Crippen molar-refractivity contribution in [3.63, 3.8) is 0 Å². The maximum absolute atomic E-state index is 8.79. The van der Waals surface area contributed by atoms with E-state index in [1.807, 2.05) is 26.0 Å². The first-order valence-electron chi connectivity index (χ1n) is 7.48. The van der Waals surface area contributed by atoms with Gasteiger partial charge in [0.2, 0.25) is 5.95 Å². The number of anilines is 1. The number of ether oxygens (including phenoxy) is 2. The van der Waals surface area contributed by atoms with Gasteiger partial charge in [0, 0.05) is 23.1 Å². The third kappa shape index (κ3) is 3.88. The highest BCUT2D eigenvalue weighted by atomic mass is 16.5. The molecule has 6 nitrogen and oxygen atoms in total. The van der Waals surface area contributed by atoms with Gasteiger partial charge in [-0.2, -0.15) is 5.26 Å². The number of allylic oxidation sites excluding steroid dienone is 4. The Bertz CT molecular complexity index is 973. The maximum atomic E-state index is 8.79. The number of hydrogen-bond acceptors (Lipinski definition) is 6. The highest BCUT2D eigenvalue weighted by molar-refractivity contribution is 5.87. The number of fused-ring (bicyclic) bond motifs is 1. The van der Waals surface area contributed by atoms with Gasteiger partial charge in [-0.15, -0.1) is 0 Å². The fraction of sp³-hybridized carbons (Fsp3) is 0.211. The van der Waals surface area contributed by atoms with Gasteiger partial charge in [-0.3, -0.25) is 0 Å². The first-order valence-corrected chi connectivity index (χ1v) is 7.48. The van der Waals surface area contributed by atoms with Crippen LogP contribution in [0.15, 0.2) is 35.4 Å². The molecular formula is C19H18N4O2. The SMILES string of the molecule is C/C=C(C#Cc1nc(N)nc2cc(OC)c(OC)cc12)\C(C)=C/C#N. The van der Waals surface area contributed by atoms with Crippen molar-refractivity contribution in [3.05, 3.63) is 41.1 Å². The fourth-order valence-electron chi connectivity index (χ4n) is 2.27. The van der Waals surface area contributed by atoms with Gasteiger partial charge < -0.3 is 15.2 Å². The van der Waals surface area contributed by atoms with Crippen LogP contribution in [0.25, 0.3) is 10.9 Å². The van der Waals surface area contributed by atoms with Crippen LogP contribution in [0.1, 0.15) is 19.5 Å². The van der Waals surface area contributed by atoms with E-state index in [4.69, 9.17) is 20.5 Å². The van der Waals surface area contributed by atoms with Crippen LogP contribution < -0.4 is 15.2 Å². The van der Waals surface area contributed by atoms with E-state index in [1.165, 1.54) is 6.08 Å². The van der Waals surface area contributed by atoms with Crippen molar-refractivity contribution in [2.45, 2.75) is 13.8 Å². The van der Waals surface area contributed by atoms with E-state index in [0.717, 1.165) is 11.1 Å². The summed E-state index contributed by atoms with van der Waals surface area (Å²) in [6.45, 7) is 3.69. The zero-order valence-electron chi connectivity index (χ0n) is 14.5. The Morgan fingerprint density at radius 3 is 2.48 bits per heavy atom. The van der Waals surface area contributed by atoms with Crippen molar-refractivity contribution < 1.29 is 9.47 Å². The highest BCUT2D eigenvalue weighted by Crippen LogP contribution is 2.32. The molecule has 0 spiro atoms. The van der Waals surface area contributed by atoms with Crippen LogP contribution in [0, 0.1) is 23.2 Å². The topological polar surface area (TPSA) is 94.1 Å². The van der Waals surface area contributed by atoms with Gasteiger partial charge in [-0.25, -0.2) is 9.97 Å². The number of rotatable bonds is 3. The first kappa shape index (κ1) is 17.8. The van der Waals surface area contributed by atoms with Crippen LogP contribution in [0.4, 0.5) is 5.95 Å². The quantitative estimate of drug-likeness (QED) is 0.527. The summed E-state index contributed by atoms with van der Waals surface area (Å²) in [4.78, 5) is 8.46. The van der Waals surface area contributed by atoms with Crippen molar-refractivity contribution >= 4 is 16.9 Å². The summed E-state index contributed by atoms with van der Waals surface area (Å²) in [7, 11) is 3.11. The molecule has 0 radical (unpaired) electrons. The Balaban J connectivity index is 2.65. The first-order chi connectivity index (χ1) is 12.0. The minimum atomic E-state index is 0.121. The number of methoxy groups -OCH3 is 2. The Labute approximate surface area is 146 Å². The number of benzene rings is 1. The molecule has 0 saturated heterocycles. The number of nitrogens with zero attached hydrogens (tertiary/aromatic N) is 3. The van der Waals surface area contributed by atoms with Crippen molar-refractivity contribution in [2.75, 3.05) is 20.0 Å². The van der Waals surface area contributed by atoms with Crippen molar-refractivity contribution in [3.8, 4) is 29.4 Å². The second kappa shape index (κ2) is 7.85. The summed E-state index contributed by atoms with van der Waals surface area (Å²) >= 11 is 0. The molecule has 0 unspecified atom stereocenters. The Kier molecular flexibility index (Phi) is 5.60. The normalized spacial score (nSPS) is 11.5. The molecule has 25 heavy (non-hydrogen) atoms. The molecular weight excluding hydrogens is 316 g/mol. The van der Waals surface area contributed by atoms with Crippen LogP contribution in [0.2, 0.25) is 0 Å². The molecule has 0 atom stereocenters. The Morgan fingerprint density at radius 1 is 1.20 bits per heavy atom. The molecule has 0 amide bonds. The molecule has 1 aromatic heterocycles. The lowest BCUT2D eigenvalue weighted by molar-refractivity contribution is 0.356. The summed E-state index contributed by atoms with van der Waals surface area (Å²) < 4.78 is 10.6. The summed E-state index contributed by atoms with van der Waals surface area (Å²) in [5.41, 5.74) is 8.42. The average Bonchev–Trinajstić information content (AvgIpc) is 2.61. The lowest BCUT2D eigenvalue weighted by Crippen LogP contribution is -2.00. The second-order valence-electron chi connectivity index (χ2n) is 5.06. The van der Waals surface area contributed by atoms with Gasteiger partial charge in [0.05, 0.1) is 25.8 Å². The molecule has 0 fully saturated rings. The number of nitriles is 1. The molecule has 0 saturated carbocycles. The molecule has 2 N–H and O–H groups in total. The van der Waals surface area contributed by atoms with Gasteiger partial charge in [-0.1, -0.05) is 12.0 Å². The van der Waals surface area contributed by atoms with Crippen LogP contribution in [-0.4, -0.2) is 24.2 Å². The third-order valence-corrected chi connectivity index (χ3v) is 3.53. The summed E-state index contributed by atoms with van der Waals surface area (Å²) in [5, 5.41) is 9.49. The molecule has 0 aliphatic rings. The number of nitrogen functional groups attached to an aromatic ring is 1. The Hall–Kier alpha value is -3.51. The molecule has 6 heteroatoms. The summed E-state index contributed by atoms with van der Waals surface area (Å²) in [6, 6.07) is 5.50. The molecule has 0 aliphatic carbocycles. The zero-order chi connectivity index (χ0) is 18.4. The molecule has 1 heterocycles. The van der Waals surface area contributed by atoms with Gasteiger partial charge in [0.15, 0.2) is 11.5 Å². The zero-order valence-corrected chi connectivity index (χ0v) is 14.5. The largest absolute Gasteiger partial charge is 0.493 e. The van der Waals surface area contributed by atoms with Crippen LogP contribution >= 0.6 is 0 Å². The van der Waals surface area contributed by atoms with Gasteiger partial charge in [0.1, 0.15) is 5.69 Å². The molecule has 2 aromatic rings. The van der Waals surface area contributed by atoms with Crippen LogP contribution in [0.5, 0.6) is 11.5 Å². The Morgan fingerprint density at radius 2 is 1.88 bits per heavy atom. The van der Waals surface area contributed by atoms with Crippen molar-refractivity contribution in [1.82, 2.24) is 9.97 Å². The fourth-order valence-corrected chi connectivity index (χ4v) is 2.27. The third-order valence-electron chi connectivity index (χ3n) is 3.53. The molecule has 2 rings (SSSR count). The van der Waals surface area contributed by atoms with E-state index in [1.54, 1.807) is 26.4 Å². The van der Waals surface area contributed by atoms with Crippen LogP contribution in [-0.2, 0) is 0 Å². The summed E-state index contributed by atoms with van der Waals surface area (Å²) in [5.74, 6) is 7.27. The predicted molar refractivity (Wildman–Crippen MR) is 97.1 cm³/mol. The number of nitrogens with two attached hydrogens (primary N) is 1. The van der Waals surface area contributed by atoms with Crippen molar-refractivity contribution in [2.24, 2.45) is 0 Å². The minimum absolute atomic E-state index is 0.121. The standard InChI is InChI=1S/C19H18N4O2/c1-5-13(12(2)8-9-20)6-7-15-14-10-17(24-3)18(25-4)11-16(14)23-19(21)22-15/h5,8,10-11H,1-4H3,(H2,21,22,23)/b12-8-,13-5-. The van der Waals surface area contributed by atoms with Gasteiger partial charge >= 0.3 is 0 Å². The van der Waals surface area contributed by atoms with Crippen molar-refractivity contribution in [1.29, 1.82) is 5.26 Å². The second-order valence-corrected chi connectivity index (χ2v) is 5.06. The summed E-state index contributed by atoms with van der Waals surface area (Å²) in [6.07, 6.45) is 3.29.